The van der Waals surface area contributed by atoms with Crippen molar-refractivity contribution >= 4 is 34.1 Å². The van der Waals surface area contributed by atoms with Crippen molar-refractivity contribution in [1.82, 2.24) is 20.6 Å². The monoisotopic (exact) mass is 304 g/mol. The molecule has 0 saturated heterocycles. The van der Waals surface area contributed by atoms with Gasteiger partial charge in [-0.25, -0.2) is 4.99 Å². The number of para-hydroxylation sites is 1. The summed E-state index contributed by atoms with van der Waals surface area (Å²) in [5.41, 5.74) is 6.09. The number of hydrogen-bond donors (Lipinski definition) is 2. The van der Waals surface area contributed by atoms with Crippen LogP contribution in [0.4, 0.5) is 5.69 Å². The Bertz CT molecular complexity index is 871. The summed E-state index contributed by atoms with van der Waals surface area (Å²) in [6.45, 7) is 0. The van der Waals surface area contributed by atoms with Crippen LogP contribution >= 0.6 is 11.6 Å². The highest BCUT2D eigenvalue weighted by molar-refractivity contribution is 6.28. The molecule has 3 N–H and O–H groups in total. The molecule has 0 radical (unpaired) electrons. The molecule has 2 aromatic heterocycles. The maximum absolute atomic E-state index is 12.2. The highest BCUT2D eigenvalue weighted by Crippen LogP contribution is 2.27. The fourth-order valence-electron chi connectivity index (χ4n) is 1.81. The number of tetrazole rings is 1. The third-order valence-electron chi connectivity index (χ3n) is 2.70. The van der Waals surface area contributed by atoms with Crippen LogP contribution < -0.4 is 11.2 Å². The third-order valence-corrected chi connectivity index (χ3v) is 2.97. The largest absolute Gasteiger partial charge is 0.450 e. The van der Waals surface area contributed by atoms with Gasteiger partial charge in [-0.2, -0.15) is 5.21 Å². The number of alkyl halides is 1. The van der Waals surface area contributed by atoms with Gasteiger partial charge in [0.15, 0.2) is 16.8 Å². The predicted molar refractivity (Wildman–Crippen MR) is 77.7 cm³/mol. The van der Waals surface area contributed by atoms with Crippen molar-refractivity contribution < 1.29 is 4.42 Å². The summed E-state index contributed by atoms with van der Waals surface area (Å²) in [7, 11) is 0. The Hall–Kier alpha value is -2.74. The van der Waals surface area contributed by atoms with E-state index in [1.54, 1.807) is 18.2 Å². The van der Waals surface area contributed by atoms with Gasteiger partial charge in [-0.15, -0.1) is 21.8 Å². The molecule has 2 heterocycles. The van der Waals surface area contributed by atoms with E-state index in [4.69, 9.17) is 21.8 Å². The summed E-state index contributed by atoms with van der Waals surface area (Å²) in [4.78, 5) is 16.3. The first-order valence-electron chi connectivity index (χ1n) is 5.88. The van der Waals surface area contributed by atoms with Crippen molar-refractivity contribution in [2.45, 2.75) is 0 Å². The summed E-state index contributed by atoms with van der Waals surface area (Å²) in [6, 6.07) is 6.29. The summed E-state index contributed by atoms with van der Waals surface area (Å²) in [6.07, 6.45) is 0. The second-order valence-electron chi connectivity index (χ2n) is 4.10. The number of hydrogen-bond acceptors (Lipinski definition) is 6. The van der Waals surface area contributed by atoms with Gasteiger partial charge in [0.25, 0.3) is 0 Å². The lowest BCUT2D eigenvalue weighted by molar-refractivity contribution is 0.613. The van der Waals surface area contributed by atoms with Crippen LogP contribution in [0.15, 0.2) is 38.5 Å². The topological polar surface area (TPSA) is 123 Å². The number of nitrogens with zero attached hydrogens (tertiary/aromatic N) is 4. The van der Waals surface area contributed by atoms with Crippen LogP contribution in [-0.2, 0) is 0 Å². The fraction of sp³-hybridized carbons (Fsp3) is 0.0833. The fourth-order valence-corrected chi connectivity index (χ4v) is 1.87. The van der Waals surface area contributed by atoms with E-state index in [-0.39, 0.29) is 34.3 Å². The normalized spacial score (nSPS) is 12.0. The van der Waals surface area contributed by atoms with Crippen LogP contribution in [0.25, 0.3) is 22.6 Å². The minimum atomic E-state index is -0.238. The summed E-state index contributed by atoms with van der Waals surface area (Å²) in [5.74, 6) is 0.661. The molecule has 0 unspecified atom stereocenters. The van der Waals surface area contributed by atoms with Crippen LogP contribution in [0.1, 0.15) is 0 Å². The molecule has 1 aromatic carbocycles. The SMILES string of the molecule is NC(CCl)=Nc1cccc2c(=O)cc(-c3nn[nH]n3)oc12. The molecule has 0 bridgehead atoms. The van der Waals surface area contributed by atoms with Crippen LogP contribution in [0.3, 0.4) is 0 Å². The second-order valence-corrected chi connectivity index (χ2v) is 4.37. The van der Waals surface area contributed by atoms with E-state index < -0.39 is 0 Å². The number of aromatic amines is 1. The first-order valence-corrected chi connectivity index (χ1v) is 6.42. The zero-order chi connectivity index (χ0) is 14.8. The van der Waals surface area contributed by atoms with Crippen LogP contribution in [0.5, 0.6) is 0 Å². The van der Waals surface area contributed by atoms with E-state index in [1.165, 1.54) is 6.07 Å². The number of amidine groups is 1. The molecule has 8 nitrogen and oxygen atoms in total. The van der Waals surface area contributed by atoms with Crippen molar-refractivity contribution in [3.05, 3.63) is 34.5 Å². The van der Waals surface area contributed by atoms with Gasteiger partial charge < -0.3 is 10.2 Å². The molecule has 0 amide bonds. The van der Waals surface area contributed by atoms with E-state index in [1.807, 2.05) is 0 Å². The van der Waals surface area contributed by atoms with Crippen molar-refractivity contribution in [1.29, 1.82) is 0 Å². The van der Waals surface area contributed by atoms with Gasteiger partial charge in [0.1, 0.15) is 11.5 Å². The number of nitrogens with two attached hydrogens (primary N) is 1. The summed E-state index contributed by atoms with van der Waals surface area (Å²) in [5, 5.41) is 13.7. The van der Waals surface area contributed by atoms with Crippen LogP contribution in [0, 0.1) is 0 Å². The van der Waals surface area contributed by atoms with E-state index in [0.717, 1.165) is 0 Å². The van der Waals surface area contributed by atoms with Gasteiger partial charge in [-0.05, 0) is 17.3 Å². The molecule has 0 atom stereocenters. The number of aliphatic imine (C=N–C) groups is 1. The quantitative estimate of drug-likeness (QED) is 0.426. The number of nitrogens with one attached hydrogen (secondary N) is 1. The molecule has 0 spiro atoms. The maximum atomic E-state index is 12.2. The molecule has 0 aliphatic rings. The Balaban J connectivity index is 2.29. The molecule has 3 rings (SSSR count). The molecule has 0 aliphatic carbocycles. The predicted octanol–water partition coefficient (Wildman–Crippen LogP) is 1.20. The van der Waals surface area contributed by atoms with Gasteiger partial charge in [-0.1, -0.05) is 6.07 Å². The summed E-state index contributed by atoms with van der Waals surface area (Å²) >= 11 is 5.62. The molecule has 0 aliphatic heterocycles. The summed E-state index contributed by atoms with van der Waals surface area (Å²) < 4.78 is 5.67. The Morgan fingerprint density at radius 3 is 3.05 bits per heavy atom. The van der Waals surface area contributed by atoms with Crippen molar-refractivity contribution in [2.24, 2.45) is 10.7 Å². The number of benzene rings is 1. The minimum Gasteiger partial charge on any atom is -0.450 e. The van der Waals surface area contributed by atoms with Crippen LogP contribution in [0.2, 0.25) is 0 Å². The van der Waals surface area contributed by atoms with E-state index in [9.17, 15) is 4.79 Å². The first kappa shape index (κ1) is 13.3. The van der Waals surface area contributed by atoms with Gasteiger partial charge in [0.05, 0.1) is 11.3 Å². The van der Waals surface area contributed by atoms with Crippen molar-refractivity contribution in [3.8, 4) is 11.6 Å². The van der Waals surface area contributed by atoms with Crippen molar-refractivity contribution in [3.63, 3.8) is 0 Å². The highest BCUT2D eigenvalue weighted by atomic mass is 35.5. The molecule has 0 saturated carbocycles. The lowest BCUT2D eigenvalue weighted by Gasteiger charge is -2.03. The Labute approximate surface area is 122 Å². The maximum Gasteiger partial charge on any atom is 0.239 e. The second kappa shape index (κ2) is 5.33. The van der Waals surface area contributed by atoms with Gasteiger partial charge in [0.2, 0.25) is 5.82 Å². The van der Waals surface area contributed by atoms with E-state index >= 15 is 0 Å². The smallest absolute Gasteiger partial charge is 0.239 e. The van der Waals surface area contributed by atoms with Gasteiger partial charge in [-0.3, -0.25) is 4.79 Å². The third kappa shape index (κ3) is 2.48. The van der Waals surface area contributed by atoms with Crippen molar-refractivity contribution in [2.75, 3.05) is 5.88 Å². The molecule has 9 heteroatoms. The zero-order valence-corrected chi connectivity index (χ0v) is 11.3. The number of fused-ring (bicyclic) bond motifs is 1. The Morgan fingerprint density at radius 2 is 2.33 bits per heavy atom. The lowest BCUT2D eigenvalue weighted by Crippen LogP contribution is -2.12. The Morgan fingerprint density at radius 1 is 1.48 bits per heavy atom. The Kier molecular flexibility index (Phi) is 3.36. The average Bonchev–Trinajstić information content (AvgIpc) is 3.02. The van der Waals surface area contributed by atoms with Gasteiger partial charge in [0, 0.05) is 6.07 Å². The highest BCUT2D eigenvalue weighted by Gasteiger charge is 2.12. The number of rotatable bonds is 3. The first-order chi connectivity index (χ1) is 10.2. The van der Waals surface area contributed by atoms with E-state index in [2.05, 4.69) is 25.6 Å². The minimum absolute atomic E-state index is 0.0746. The zero-order valence-electron chi connectivity index (χ0n) is 10.6. The molecule has 0 fully saturated rings. The standard InChI is InChI=1S/C12H9ClN6O2/c13-5-10(14)15-7-3-1-2-6-8(20)4-9(21-11(6)7)12-16-18-19-17-12/h1-4H,5H2,(H2,14,15)(H,16,17,18,19). The lowest BCUT2D eigenvalue weighted by atomic mass is 10.2. The number of aromatic nitrogens is 4. The average molecular weight is 305 g/mol. The molecule has 3 aromatic rings. The number of halogens is 1. The molecule has 21 heavy (non-hydrogen) atoms. The van der Waals surface area contributed by atoms with Gasteiger partial charge >= 0.3 is 0 Å². The van der Waals surface area contributed by atoms with E-state index in [0.29, 0.717) is 11.1 Å². The molecule has 106 valence electrons. The number of H-pyrrole nitrogens is 1. The molecular weight excluding hydrogens is 296 g/mol. The molecular formula is C12H9ClN6O2. The van der Waals surface area contributed by atoms with Crippen LogP contribution in [-0.4, -0.2) is 32.3 Å².